The van der Waals surface area contributed by atoms with Crippen molar-refractivity contribution >= 4 is 15.9 Å². The van der Waals surface area contributed by atoms with Crippen LogP contribution in [0.2, 0.25) is 0 Å². The Morgan fingerprint density at radius 2 is 1.82 bits per heavy atom. The van der Waals surface area contributed by atoms with Crippen molar-refractivity contribution in [2.45, 2.75) is 40.5 Å². The third kappa shape index (κ3) is 6.78. The van der Waals surface area contributed by atoms with Gasteiger partial charge in [-0.3, -0.25) is 0 Å². The van der Waals surface area contributed by atoms with Crippen LogP contribution in [-0.4, -0.2) is 43.6 Å². The summed E-state index contributed by atoms with van der Waals surface area (Å²) in [6.07, 6.45) is 2.46. The molecule has 0 saturated heterocycles. The molecule has 0 heterocycles. The number of halogens is 1. The Balaban J connectivity index is 4.46. The SMILES string of the molecule is CCC(CC)(CBr)CN(CCOC)CC(C)C. The summed E-state index contributed by atoms with van der Waals surface area (Å²) in [4.78, 5) is 2.56. The first-order valence-electron chi connectivity index (χ1n) is 6.80. The summed E-state index contributed by atoms with van der Waals surface area (Å²) in [5.74, 6) is 0.716. The van der Waals surface area contributed by atoms with E-state index in [4.69, 9.17) is 4.74 Å². The van der Waals surface area contributed by atoms with Crippen LogP contribution in [0.3, 0.4) is 0 Å². The number of alkyl halides is 1. The Hall–Kier alpha value is 0.400. The highest BCUT2D eigenvalue weighted by atomic mass is 79.9. The van der Waals surface area contributed by atoms with Gasteiger partial charge >= 0.3 is 0 Å². The molecule has 0 spiro atoms. The van der Waals surface area contributed by atoms with Crippen LogP contribution >= 0.6 is 15.9 Å². The summed E-state index contributed by atoms with van der Waals surface area (Å²) in [7, 11) is 1.78. The van der Waals surface area contributed by atoms with E-state index in [1.54, 1.807) is 7.11 Å². The van der Waals surface area contributed by atoms with Gasteiger partial charge in [0.15, 0.2) is 0 Å². The predicted molar refractivity (Wildman–Crippen MR) is 80.0 cm³/mol. The fourth-order valence-corrected chi connectivity index (χ4v) is 3.12. The molecule has 0 saturated carbocycles. The zero-order chi connectivity index (χ0) is 13.3. The number of hydrogen-bond acceptors (Lipinski definition) is 2. The Kier molecular flexibility index (Phi) is 9.57. The zero-order valence-electron chi connectivity index (χ0n) is 12.3. The van der Waals surface area contributed by atoms with E-state index < -0.39 is 0 Å². The van der Waals surface area contributed by atoms with E-state index in [9.17, 15) is 0 Å². The second-order valence-electron chi connectivity index (χ2n) is 5.46. The molecule has 0 aromatic carbocycles. The van der Waals surface area contributed by atoms with Crippen molar-refractivity contribution in [1.29, 1.82) is 0 Å². The molecule has 17 heavy (non-hydrogen) atoms. The van der Waals surface area contributed by atoms with E-state index in [-0.39, 0.29) is 0 Å². The number of rotatable bonds is 10. The minimum Gasteiger partial charge on any atom is -0.383 e. The molecule has 0 aliphatic carbocycles. The molecule has 0 bridgehead atoms. The quantitative estimate of drug-likeness (QED) is 0.569. The molecule has 0 rings (SSSR count). The number of methoxy groups -OCH3 is 1. The summed E-state index contributed by atoms with van der Waals surface area (Å²) >= 11 is 3.70. The average molecular weight is 308 g/mol. The molecule has 0 aliphatic heterocycles. The Morgan fingerprint density at radius 3 is 2.18 bits per heavy atom. The van der Waals surface area contributed by atoms with Gasteiger partial charge in [0.2, 0.25) is 0 Å². The van der Waals surface area contributed by atoms with Crippen LogP contribution in [0.15, 0.2) is 0 Å². The van der Waals surface area contributed by atoms with Gasteiger partial charge in [-0.25, -0.2) is 0 Å². The minimum atomic E-state index is 0.419. The third-order valence-corrected chi connectivity index (χ3v) is 4.77. The van der Waals surface area contributed by atoms with E-state index in [0.717, 1.165) is 25.0 Å². The van der Waals surface area contributed by atoms with Gasteiger partial charge in [0.25, 0.3) is 0 Å². The lowest BCUT2D eigenvalue weighted by Crippen LogP contribution is -2.41. The zero-order valence-corrected chi connectivity index (χ0v) is 13.8. The molecule has 0 fully saturated rings. The molecule has 0 radical (unpaired) electrons. The number of nitrogens with zero attached hydrogens (tertiary/aromatic N) is 1. The highest BCUT2D eigenvalue weighted by Gasteiger charge is 2.27. The fraction of sp³-hybridized carbons (Fsp3) is 1.00. The molecule has 0 amide bonds. The second-order valence-corrected chi connectivity index (χ2v) is 6.02. The predicted octanol–water partition coefficient (Wildman–Crippen LogP) is 3.79. The molecule has 3 heteroatoms. The first-order valence-corrected chi connectivity index (χ1v) is 7.93. The monoisotopic (exact) mass is 307 g/mol. The van der Waals surface area contributed by atoms with Crippen molar-refractivity contribution in [3.05, 3.63) is 0 Å². The molecule has 0 aromatic heterocycles. The van der Waals surface area contributed by atoms with Crippen molar-refractivity contribution < 1.29 is 4.74 Å². The maximum absolute atomic E-state index is 5.22. The summed E-state index contributed by atoms with van der Waals surface area (Å²) < 4.78 is 5.22. The summed E-state index contributed by atoms with van der Waals surface area (Å²) in [5, 5.41) is 1.09. The van der Waals surface area contributed by atoms with Crippen molar-refractivity contribution in [1.82, 2.24) is 4.90 Å². The Morgan fingerprint density at radius 1 is 1.24 bits per heavy atom. The van der Waals surface area contributed by atoms with Gasteiger partial charge in [-0.15, -0.1) is 0 Å². The van der Waals surface area contributed by atoms with Gasteiger partial charge in [0.1, 0.15) is 0 Å². The third-order valence-electron chi connectivity index (χ3n) is 3.58. The van der Waals surface area contributed by atoms with Crippen LogP contribution in [-0.2, 0) is 4.74 Å². The minimum absolute atomic E-state index is 0.419. The van der Waals surface area contributed by atoms with Gasteiger partial charge < -0.3 is 9.64 Å². The van der Waals surface area contributed by atoms with Gasteiger partial charge in [-0.05, 0) is 24.2 Å². The normalized spacial score (nSPS) is 12.7. The Labute approximate surface area is 116 Å². The second kappa shape index (κ2) is 9.35. The molecule has 0 unspecified atom stereocenters. The lowest BCUT2D eigenvalue weighted by molar-refractivity contribution is 0.101. The van der Waals surface area contributed by atoms with E-state index in [1.165, 1.54) is 19.4 Å². The lowest BCUT2D eigenvalue weighted by atomic mass is 9.84. The van der Waals surface area contributed by atoms with E-state index in [0.29, 0.717) is 11.3 Å². The summed E-state index contributed by atoms with van der Waals surface area (Å²) in [6.45, 7) is 13.4. The molecule has 0 N–H and O–H groups in total. The van der Waals surface area contributed by atoms with Gasteiger partial charge in [0.05, 0.1) is 6.61 Å². The molecule has 0 aromatic rings. The first kappa shape index (κ1) is 17.4. The topological polar surface area (TPSA) is 12.5 Å². The van der Waals surface area contributed by atoms with Crippen molar-refractivity contribution in [2.75, 3.05) is 38.7 Å². The van der Waals surface area contributed by atoms with Crippen LogP contribution in [0.25, 0.3) is 0 Å². The molecule has 2 nitrogen and oxygen atoms in total. The molecule has 0 aliphatic rings. The molecule has 104 valence electrons. The molecular weight excluding hydrogens is 278 g/mol. The van der Waals surface area contributed by atoms with E-state index in [2.05, 4.69) is 48.5 Å². The maximum atomic E-state index is 5.22. The smallest absolute Gasteiger partial charge is 0.0589 e. The maximum Gasteiger partial charge on any atom is 0.0589 e. The van der Waals surface area contributed by atoms with Gasteiger partial charge in [-0.1, -0.05) is 43.6 Å². The fourth-order valence-electron chi connectivity index (χ4n) is 2.15. The van der Waals surface area contributed by atoms with Crippen LogP contribution in [0.5, 0.6) is 0 Å². The van der Waals surface area contributed by atoms with E-state index in [1.807, 2.05) is 0 Å². The van der Waals surface area contributed by atoms with Gasteiger partial charge in [0, 0.05) is 32.1 Å². The van der Waals surface area contributed by atoms with Crippen LogP contribution in [0.4, 0.5) is 0 Å². The molecular formula is C14H30BrNO. The standard InChI is InChI=1S/C14H30BrNO/c1-6-14(7-2,11-15)12-16(8-9-17-5)10-13(3)4/h13H,6-12H2,1-5H3. The van der Waals surface area contributed by atoms with Crippen molar-refractivity contribution in [3.8, 4) is 0 Å². The highest BCUT2D eigenvalue weighted by molar-refractivity contribution is 9.09. The average Bonchev–Trinajstić information content (AvgIpc) is 2.32. The van der Waals surface area contributed by atoms with Crippen molar-refractivity contribution in [2.24, 2.45) is 11.3 Å². The van der Waals surface area contributed by atoms with Crippen LogP contribution < -0.4 is 0 Å². The largest absolute Gasteiger partial charge is 0.383 e. The lowest BCUT2D eigenvalue weighted by Gasteiger charge is -2.36. The number of ether oxygens (including phenoxy) is 1. The van der Waals surface area contributed by atoms with Crippen molar-refractivity contribution in [3.63, 3.8) is 0 Å². The number of hydrogen-bond donors (Lipinski definition) is 0. The Bertz CT molecular complexity index is 173. The van der Waals surface area contributed by atoms with Crippen LogP contribution in [0.1, 0.15) is 40.5 Å². The first-order chi connectivity index (χ1) is 8.03. The molecule has 0 atom stereocenters. The van der Waals surface area contributed by atoms with Crippen LogP contribution in [0, 0.1) is 11.3 Å². The van der Waals surface area contributed by atoms with E-state index >= 15 is 0 Å². The highest BCUT2D eigenvalue weighted by Crippen LogP contribution is 2.30. The summed E-state index contributed by atoms with van der Waals surface area (Å²) in [5.41, 5.74) is 0.419. The summed E-state index contributed by atoms with van der Waals surface area (Å²) in [6, 6.07) is 0. The van der Waals surface area contributed by atoms with Gasteiger partial charge in [-0.2, -0.15) is 0 Å².